The topological polar surface area (TPSA) is 55.0 Å². The van der Waals surface area contributed by atoms with Gasteiger partial charge in [-0.05, 0) is 25.0 Å². The molecule has 1 heterocycles. The summed E-state index contributed by atoms with van der Waals surface area (Å²) in [6.45, 7) is 5.31. The molecule has 0 aliphatic rings. The molecule has 2 N–H and O–H groups in total. The third-order valence-corrected chi connectivity index (χ3v) is 3.02. The molecule has 2 rings (SSSR count). The monoisotopic (exact) mass is 256 g/mol. The summed E-state index contributed by atoms with van der Waals surface area (Å²) in [5.41, 5.74) is 8.99. The van der Waals surface area contributed by atoms with Gasteiger partial charge in [0.2, 0.25) is 0 Å². The van der Waals surface area contributed by atoms with Crippen LogP contribution in [0.25, 0.3) is 0 Å². The van der Waals surface area contributed by atoms with Crippen molar-refractivity contribution < 1.29 is 0 Å². The van der Waals surface area contributed by atoms with Crippen molar-refractivity contribution in [3.8, 4) is 0 Å². The largest absolute Gasteiger partial charge is 0.355 e. The van der Waals surface area contributed by atoms with Crippen LogP contribution in [0.1, 0.15) is 22.6 Å². The number of hydrogen-bond acceptors (Lipinski definition) is 4. The van der Waals surface area contributed by atoms with Crippen LogP contribution in [0.3, 0.4) is 0 Å². The van der Waals surface area contributed by atoms with Gasteiger partial charge in [-0.3, -0.25) is 0 Å². The second kappa shape index (κ2) is 5.80. The smallest absolute Gasteiger partial charge is 0.132 e. The molecular weight excluding hydrogens is 236 g/mol. The van der Waals surface area contributed by atoms with Crippen molar-refractivity contribution in [3.63, 3.8) is 0 Å². The van der Waals surface area contributed by atoms with Gasteiger partial charge < -0.3 is 10.6 Å². The molecule has 0 aliphatic carbocycles. The van der Waals surface area contributed by atoms with Gasteiger partial charge in [0.05, 0.1) is 0 Å². The van der Waals surface area contributed by atoms with Gasteiger partial charge in [0.25, 0.3) is 0 Å². The molecule has 0 bridgehead atoms. The van der Waals surface area contributed by atoms with E-state index >= 15 is 0 Å². The van der Waals surface area contributed by atoms with Crippen LogP contribution in [0, 0.1) is 13.8 Å². The summed E-state index contributed by atoms with van der Waals surface area (Å²) in [5, 5.41) is 0. The van der Waals surface area contributed by atoms with E-state index < -0.39 is 0 Å². The van der Waals surface area contributed by atoms with Crippen molar-refractivity contribution in [2.45, 2.75) is 26.9 Å². The minimum Gasteiger partial charge on any atom is -0.355 e. The lowest BCUT2D eigenvalue weighted by Crippen LogP contribution is -2.18. The van der Waals surface area contributed by atoms with Crippen LogP contribution in [-0.2, 0) is 13.1 Å². The van der Waals surface area contributed by atoms with E-state index in [0.29, 0.717) is 6.54 Å². The zero-order chi connectivity index (χ0) is 13.8. The maximum atomic E-state index is 5.60. The SMILES string of the molecule is Cc1cc(N(C)Cc2ccc(CN)cc2)nc(C)n1. The second-order valence-corrected chi connectivity index (χ2v) is 4.79. The zero-order valence-electron chi connectivity index (χ0n) is 11.7. The second-order valence-electron chi connectivity index (χ2n) is 4.79. The van der Waals surface area contributed by atoms with Gasteiger partial charge >= 0.3 is 0 Å². The fourth-order valence-electron chi connectivity index (χ4n) is 2.03. The molecule has 0 saturated heterocycles. The average Bonchev–Trinajstić information content (AvgIpc) is 2.38. The third-order valence-electron chi connectivity index (χ3n) is 3.02. The standard InChI is InChI=1S/C15H20N4/c1-11-8-15(18-12(2)17-11)19(3)10-14-6-4-13(9-16)5-7-14/h4-8H,9-10,16H2,1-3H3. The highest BCUT2D eigenvalue weighted by Gasteiger charge is 2.05. The van der Waals surface area contributed by atoms with Crippen molar-refractivity contribution in [3.05, 3.63) is 53.0 Å². The van der Waals surface area contributed by atoms with Crippen LogP contribution in [-0.4, -0.2) is 17.0 Å². The molecule has 0 radical (unpaired) electrons. The highest BCUT2D eigenvalue weighted by molar-refractivity contribution is 5.40. The van der Waals surface area contributed by atoms with Crippen molar-refractivity contribution in [1.82, 2.24) is 9.97 Å². The minimum absolute atomic E-state index is 0.584. The molecule has 2 aromatic rings. The van der Waals surface area contributed by atoms with E-state index in [0.717, 1.165) is 29.4 Å². The number of benzene rings is 1. The van der Waals surface area contributed by atoms with E-state index in [4.69, 9.17) is 5.73 Å². The molecule has 4 heteroatoms. The fraction of sp³-hybridized carbons (Fsp3) is 0.333. The lowest BCUT2D eigenvalue weighted by molar-refractivity contribution is 0.871. The maximum Gasteiger partial charge on any atom is 0.132 e. The summed E-state index contributed by atoms with van der Waals surface area (Å²) >= 11 is 0. The van der Waals surface area contributed by atoms with Crippen molar-refractivity contribution in [2.75, 3.05) is 11.9 Å². The van der Waals surface area contributed by atoms with Crippen molar-refractivity contribution >= 4 is 5.82 Å². The normalized spacial score (nSPS) is 10.5. The Bertz CT molecular complexity index is 528. The average molecular weight is 256 g/mol. The number of aryl methyl sites for hydroxylation is 2. The Morgan fingerprint density at radius 1 is 1.05 bits per heavy atom. The predicted octanol–water partition coefficient (Wildman–Crippen LogP) is 2.19. The molecule has 0 saturated carbocycles. The maximum absolute atomic E-state index is 5.60. The van der Waals surface area contributed by atoms with Gasteiger partial charge in [0, 0.05) is 31.9 Å². The van der Waals surface area contributed by atoms with Gasteiger partial charge in [-0.1, -0.05) is 24.3 Å². The quantitative estimate of drug-likeness (QED) is 0.911. The van der Waals surface area contributed by atoms with E-state index in [9.17, 15) is 0 Å². The summed E-state index contributed by atoms with van der Waals surface area (Å²) in [6.07, 6.45) is 0. The molecule has 0 amide bonds. The Hall–Kier alpha value is -1.94. The Kier molecular flexibility index (Phi) is 4.12. The molecule has 0 unspecified atom stereocenters. The number of hydrogen-bond donors (Lipinski definition) is 1. The number of aromatic nitrogens is 2. The number of anilines is 1. The van der Waals surface area contributed by atoms with Crippen molar-refractivity contribution in [1.29, 1.82) is 0 Å². The van der Waals surface area contributed by atoms with Crippen molar-refractivity contribution in [2.24, 2.45) is 5.73 Å². The lowest BCUT2D eigenvalue weighted by atomic mass is 10.1. The van der Waals surface area contributed by atoms with Gasteiger partial charge in [0.1, 0.15) is 11.6 Å². The van der Waals surface area contributed by atoms with Crippen LogP contribution in [0.4, 0.5) is 5.82 Å². The Morgan fingerprint density at radius 3 is 2.26 bits per heavy atom. The molecule has 4 nitrogen and oxygen atoms in total. The van der Waals surface area contributed by atoms with E-state index in [-0.39, 0.29) is 0 Å². The van der Waals surface area contributed by atoms with Gasteiger partial charge in [0.15, 0.2) is 0 Å². The molecule has 0 atom stereocenters. The summed E-state index contributed by atoms with van der Waals surface area (Å²) < 4.78 is 0. The van der Waals surface area contributed by atoms with E-state index in [1.807, 2.05) is 27.0 Å². The third kappa shape index (κ3) is 3.51. The molecule has 1 aromatic carbocycles. The first-order valence-corrected chi connectivity index (χ1v) is 6.40. The summed E-state index contributed by atoms with van der Waals surface area (Å²) in [6, 6.07) is 10.4. The molecule has 1 aromatic heterocycles. The van der Waals surface area contributed by atoms with E-state index in [2.05, 4.69) is 39.1 Å². The first-order valence-electron chi connectivity index (χ1n) is 6.40. The summed E-state index contributed by atoms with van der Waals surface area (Å²) in [5.74, 6) is 1.76. The highest BCUT2D eigenvalue weighted by Crippen LogP contribution is 2.14. The molecule has 0 spiro atoms. The van der Waals surface area contributed by atoms with Gasteiger partial charge in [-0.15, -0.1) is 0 Å². The minimum atomic E-state index is 0.584. The first kappa shape index (κ1) is 13.5. The Balaban J connectivity index is 2.13. The lowest BCUT2D eigenvalue weighted by Gasteiger charge is -2.19. The van der Waals surface area contributed by atoms with Crippen LogP contribution in [0.5, 0.6) is 0 Å². The Labute approximate surface area is 114 Å². The molecular formula is C15H20N4. The Morgan fingerprint density at radius 2 is 1.68 bits per heavy atom. The zero-order valence-corrected chi connectivity index (χ0v) is 11.7. The van der Waals surface area contributed by atoms with Gasteiger partial charge in [-0.25, -0.2) is 9.97 Å². The molecule has 0 aliphatic heterocycles. The molecule has 0 fully saturated rings. The molecule has 19 heavy (non-hydrogen) atoms. The van der Waals surface area contributed by atoms with Crippen LogP contribution < -0.4 is 10.6 Å². The van der Waals surface area contributed by atoms with Gasteiger partial charge in [-0.2, -0.15) is 0 Å². The molecule has 100 valence electrons. The predicted molar refractivity (Wildman–Crippen MR) is 77.9 cm³/mol. The summed E-state index contributed by atoms with van der Waals surface area (Å²) in [4.78, 5) is 10.9. The fourth-order valence-corrected chi connectivity index (χ4v) is 2.03. The summed E-state index contributed by atoms with van der Waals surface area (Å²) in [7, 11) is 2.04. The van der Waals surface area contributed by atoms with Crippen LogP contribution in [0.2, 0.25) is 0 Å². The van der Waals surface area contributed by atoms with E-state index in [1.54, 1.807) is 0 Å². The number of rotatable bonds is 4. The highest BCUT2D eigenvalue weighted by atomic mass is 15.2. The number of nitrogens with two attached hydrogens (primary N) is 1. The van der Waals surface area contributed by atoms with Crippen LogP contribution >= 0.6 is 0 Å². The first-order chi connectivity index (χ1) is 9.08. The van der Waals surface area contributed by atoms with Crippen LogP contribution in [0.15, 0.2) is 30.3 Å². The van der Waals surface area contributed by atoms with E-state index in [1.165, 1.54) is 5.56 Å². The number of nitrogens with zero attached hydrogens (tertiary/aromatic N) is 3.